The SMILES string of the molecule is CCc1nnsc1C(NC)c1c(Br)cnn1CC. The molecular weight excluding hydrogens is 314 g/mol. The van der Waals surface area contributed by atoms with Gasteiger partial charge in [0.15, 0.2) is 0 Å². The molecule has 0 aromatic carbocycles. The Morgan fingerprint density at radius 2 is 2.28 bits per heavy atom. The first-order chi connectivity index (χ1) is 8.72. The van der Waals surface area contributed by atoms with Crippen molar-refractivity contribution in [2.24, 2.45) is 0 Å². The van der Waals surface area contributed by atoms with Crippen molar-refractivity contribution in [1.82, 2.24) is 24.7 Å². The molecule has 2 heterocycles. The van der Waals surface area contributed by atoms with Crippen LogP contribution in [0, 0.1) is 0 Å². The van der Waals surface area contributed by atoms with Crippen molar-refractivity contribution in [3.05, 3.63) is 26.9 Å². The van der Waals surface area contributed by atoms with Crippen LogP contribution in [-0.4, -0.2) is 26.4 Å². The Kier molecular flexibility index (Phi) is 4.47. The maximum absolute atomic E-state index is 4.36. The Morgan fingerprint density at radius 1 is 1.50 bits per heavy atom. The molecule has 0 saturated heterocycles. The summed E-state index contributed by atoms with van der Waals surface area (Å²) < 4.78 is 7.07. The molecule has 0 bridgehead atoms. The van der Waals surface area contributed by atoms with E-state index in [9.17, 15) is 0 Å². The first-order valence-electron chi connectivity index (χ1n) is 5.92. The second kappa shape index (κ2) is 5.90. The highest BCUT2D eigenvalue weighted by molar-refractivity contribution is 9.10. The number of hydrogen-bond donors (Lipinski definition) is 1. The fourth-order valence-corrected chi connectivity index (χ4v) is 3.36. The van der Waals surface area contributed by atoms with Crippen LogP contribution in [-0.2, 0) is 13.0 Å². The van der Waals surface area contributed by atoms with Crippen LogP contribution in [0.4, 0.5) is 0 Å². The molecule has 0 saturated carbocycles. The second-order valence-electron chi connectivity index (χ2n) is 3.85. The molecule has 7 heteroatoms. The summed E-state index contributed by atoms with van der Waals surface area (Å²) in [7, 11) is 1.95. The van der Waals surface area contributed by atoms with Crippen molar-refractivity contribution in [3.63, 3.8) is 0 Å². The van der Waals surface area contributed by atoms with E-state index < -0.39 is 0 Å². The summed E-state index contributed by atoms with van der Waals surface area (Å²) >= 11 is 5.02. The highest BCUT2D eigenvalue weighted by atomic mass is 79.9. The molecule has 0 spiro atoms. The largest absolute Gasteiger partial charge is 0.307 e. The molecule has 1 unspecified atom stereocenters. The van der Waals surface area contributed by atoms with E-state index in [1.807, 2.05) is 17.9 Å². The van der Waals surface area contributed by atoms with E-state index in [-0.39, 0.29) is 6.04 Å². The molecule has 0 aliphatic rings. The highest BCUT2D eigenvalue weighted by Gasteiger charge is 2.24. The monoisotopic (exact) mass is 329 g/mol. The van der Waals surface area contributed by atoms with Crippen LogP contribution < -0.4 is 5.32 Å². The van der Waals surface area contributed by atoms with E-state index in [0.717, 1.165) is 33.7 Å². The van der Waals surface area contributed by atoms with Gasteiger partial charge in [-0.1, -0.05) is 11.4 Å². The van der Waals surface area contributed by atoms with E-state index in [1.54, 1.807) is 0 Å². The maximum atomic E-state index is 4.36. The lowest BCUT2D eigenvalue weighted by molar-refractivity contribution is 0.563. The number of nitrogens with zero attached hydrogens (tertiary/aromatic N) is 4. The van der Waals surface area contributed by atoms with Crippen LogP contribution in [0.15, 0.2) is 10.7 Å². The van der Waals surface area contributed by atoms with Crippen LogP contribution in [0.3, 0.4) is 0 Å². The van der Waals surface area contributed by atoms with Gasteiger partial charge in [0.1, 0.15) is 0 Å². The number of aromatic nitrogens is 4. The van der Waals surface area contributed by atoms with Crippen molar-refractivity contribution in [2.45, 2.75) is 32.9 Å². The van der Waals surface area contributed by atoms with Crippen molar-refractivity contribution in [2.75, 3.05) is 7.05 Å². The van der Waals surface area contributed by atoms with Crippen molar-refractivity contribution >= 4 is 27.5 Å². The molecule has 98 valence electrons. The second-order valence-corrected chi connectivity index (χ2v) is 5.49. The summed E-state index contributed by atoms with van der Waals surface area (Å²) in [6.07, 6.45) is 2.73. The first kappa shape index (κ1) is 13.6. The van der Waals surface area contributed by atoms with Crippen LogP contribution >= 0.6 is 27.5 Å². The van der Waals surface area contributed by atoms with Crippen LogP contribution in [0.2, 0.25) is 0 Å². The molecule has 2 aromatic heterocycles. The normalized spacial score (nSPS) is 12.9. The fraction of sp³-hybridized carbons (Fsp3) is 0.545. The van der Waals surface area contributed by atoms with Gasteiger partial charge in [-0.25, -0.2) is 0 Å². The Morgan fingerprint density at radius 3 is 2.89 bits per heavy atom. The van der Waals surface area contributed by atoms with Crippen molar-refractivity contribution < 1.29 is 0 Å². The zero-order valence-electron chi connectivity index (χ0n) is 10.6. The van der Waals surface area contributed by atoms with Crippen molar-refractivity contribution in [1.29, 1.82) is 0 Å². The highest BCUT2D eigenvalue weighted by Crippen LogP contribution is 2.31. The lowest BCUT2D eigenvalue weighted by Gasteiger charge is -2.17. The molecule has 0 aliphatic heterocycles. The standard InChI is InChI=1S/C11H16BrN5S/c1-4-8-11(18-16-15-8)9(13-3)10-7(12)6-14-17(10)5-2/h6,9,13H,4-5H2,1-3H3. The zero-order chi connectivity index (χ0) is 13.1. The molecule has 1 atom stereocenters. The predicted octanol–water partition coefficient (Wildman–Crippen LogP) is 2.39. The number of rotatable bonds is 5. The lowest BCUT2D eigenvalue weighted by Crippen LogP contribution is -2.22. The quantitative estimate of drug-likeness (QED) is 0.915. The molecule has 0 fully saturated rings. The molecule has 5 nitrogen and oxygen atoms in total. The van der Waals surface area contributed by atoms with E-state index in [4.69, 9.17) is 0 Å². The lowest BCUT2D eigenvalue weighted by atomic mass is 10.1. The molecule has 1 N–H and O–H groups in total. The van der Waals surface area contributed by atoms with Gasteiger partial charge in [-0.3, -0.25) is 4.68 Å². The summed E-state index contributed by atoms with van der Waals surface area (Å²) in [6.45, 7) is 5.02. The maximum Gasteiger partial charge on any atom is 0.0886 e. The predicted molar refractivity (Wildman–Crippen MR) is 75.8 cm³/mol. The Hall–Kier alpha value is -0.790. The molecule has 0 aliphatic carbocycles. The van der Waals surface area contributed by atoms with Gasteiger partial charge in [0.05, 0.1) is 33.0 Å². The van der Waals surface area contributed by atoms with Gasteiger partial charge in [0.25, 0.3) is 0 Å². The zero-order valence-corrected chi connectivity index (χ0v) is 13.0. The third kappa shape index (κ3) is 2.34. The van der Waals surface area contributed by atoms with Gasteiger partial charge in [0, 0.05) is 6.54 Å². The third-order valence-electron chi connectivity index (χ3n) is 2.88. The smallest absolute Gasteiger partial charge is 0.0886 e. The molecule has 18 heavy (non-hydrogen) atoms. The minimum Gasteiger partial charge on any atom is -0.307 e. The topological polar surface area (TPSA) is 55.6 Å². The summed E-state index contributed by atoms with van der Waals surface area (Å²) in [4.78, 5) is 1.16. The van der Waals surface area contributed by atoms with Crippen molar-refractivity contribution in [3.8, 4) is 0 Å². The molecule has 0 radical (unpaired) electrons. The average Bonchev–Trinajstić information content (AvgIpc) is 2.98. The van der Waals surface area contributed by atoms with Gasteiger partial charge >= 0.3 is 0 Å². The fourth-order valence-electron chi connectivity index (χ4n) is 1.98. The van der Waals surface area contributed by atoms with Gasteiger partial charge in [0.2, 0.25) is 0 Å². The van der Waals surface area contributed by atoms with Gasteiger partial charge in [-0.15, -0.1) is 5.10 Å². The van der Waals surface area contributed by atoms with Crippen LogP contribution in [0.5, 0.6) is 0 Å². The van der Waals surface area contributed by atoms with Crippen LogP contribution in [0.1, 0.15) is 36.2 Å². The minimum absolute atomic E-state index is 0.0803. The first-order valence-corrected chi connectivity index (χ1v) is 7.49. The number of hydrogen-bond acceptors (Lipinski definition) is 5. The Bertz CT molecular complexity index is 521. The van der Waals surface area contributed by atoms with E-state index in [2.05, 4.69) is 49.8 Å². The molecule has 0 amide bonds. The van der Waals surface area contributed by atoms with Gasteiger partial charge < -0.3 is 5.32 Å². The Balaban J connectivity index is 2.48. The number of halogens is 1. The van der Waals surface area contributed by atoms with Crippen LogP contribution in [0.25, 0.3) is 0 Å². The summed E-state index contributed by atoms with van der Waals surface area (Å²) in [5.74, 6) is 0. The van der Waals surface area contributed by atoms with E-state index in [1.165, 1.54) is 11.5 Å². The molecular formula is C11H16BrN5S. The van der Waals surface area contributed by atoms with E-state index in [0.29, 0.717) is 0 Å². The average molecular weight is 330 g/mol. The van der Waals surface area contributed by atoms with Gasteiger partial charge in [-0.05, 0) is 47.9 Å². The number of aryl methyl sites for hydroxylation is 2. The summed E-state index contributed by atoms with van der Waals surface area (Å²) in [5, 5.41) is 11.9. The number of nitrogens with one attached hydrogen (secondary N) is 1. The molecule has 2 aromatic rings. The molecule has 2 rings (SSSR count). The Labute approximate surface area is 119 Å². The van der Waals surface area contributed by atoms with Gasteiger partial charge in [-0.2, -0.15) is 5.10 Å². The summed E-state index contributed by atoms with van der Waals surface area (Å²) in [5.41, 5.74) is 2.18. The minimum atomic E-state index is 0.0803. The third-order valence-corrected chi connectivity index (χ3v) is 4.32. The summed E-state index contributed by atoms with van der Waals surface area (Å²) in [6, 6.07) is 0.0803. The van der Waals surface area contributed by atoms with E-state index >= 15 is 0 Å².